The highest BCUT2D eigenvalue weighted by atomic mass is 16.4. The Morgan fingerprint density at radius 2 is 2.09 bits per heavy atom. The minimum Gasteiger partial charge on any atom is -0.481 e. The lowest BCUT2D eigenvalue weighted by Crippen LogP contribution is -2.18. The molecule has 0 aromatic carbocycles. The van der Waals surface area contributed by atoms with E-state index in [4.69, 9.17) is 5.11 Å². The summed E-state index contributed by atoms with van der Waals surface area (Å²) in [6, 6.07) is 0. The zero-order chi connectivity index (χ0) is 17.2. The number of aliphatic carboxylic acids is 1. The molecule has 0 aliphatic heterocycles. The van der Waals surface area contributed by atoms with E-state index in [9.17, 15) is 19.8 Å². The Kier molecular flexibility index (Phi) is 8.81. The van der Waals surface area contributed by atoms with Crippen LogP contribution in [0, 0.1) is 11.8 Å². The molecule has 0 aromatic heterocycles. The second-order valence-electron chi connectivity index (χ2n) is 6.13. The van der Waals surface area contributed by atoms with Gasteiger partial charge in [0.15, 0.2) is 0 Å². The van der Waals surface area contributed by atoms with Crippen molar-refractivity contribution >= 4 is 11.8 Å². The van der Waals surface area contributed by atoms with E-state index in [0.717, 1.165) is 19.3 Å². The molecule has 0 amide bonds. The molecule has 1 aliphatic carbocycles. The summed E-state index contributed by atoms with van der Waals surface area (Å²) in [5, 5.41) is 28.2. The van der Waals surface area contributed by atoms with Gasteiger partial charge < -0.3 is 15.3 Å². The number of Topliss-reactive ketones (excluding diaryl/α,β-unsaturated/α-hetero) is 1. The zero-order valence-corrected chi connectivity index (χ0v) is 13.7. The molecule has 130 valence electrons. The van der Waals surface area contributed by atoms with E-state index in [2.05, 4.69) is 0 Å². The maximum Gasteiger partial charge on any atom is 0.303 e. The monoisotopic (exact) mass is 324 g/mol. The Labute approximate surface area is 137 Å². The fraction of sp³-hybridized carbons (Fsp3) is 0.667. The van der Waals surface area contributed by atoms with Crippen LogP contribution in [0.5, 0.6) is 0 Å². The first-order chi connectivity index (χ1) is 11.0. The topological polar surface area (TPSA) is 94.8 Å². The third-order valence-corrected chi connectivity index (χ3v) is 4.31. The van der Waals surface area contributed by atoms with Crippen molar-refractivity contribution in [3.63, 3.8) is 0 Å². The summed E-state index contributed by atoms with van der Waals surface area (Å²) in [5.74, 6) is -1.06. The molecule has 5 nitrogen and oxygen atoms in total. The van der Waals surface area contributed by atoms with Crippen LogP contribution in [-0.2, 0) is 9.59 Å². The summed E-state index contributed by atoms with van der Waals surface area (Å²) in [4.78, 5) is 22.2. The normalized spacial score (nSPS) is 26.4. The lowest BCUT2D eigenvalue weighted by atomic mass is 9.91. The molecule has 0 spiro atoms. The summed E-state index contributed by atoms with van der Waals surface area (Å²) >= 11 is 0. The molecule has 5 heteroatoms. The van der Waals surface area contributed by atoms with E-state index in [-0.39, 0.29) is 30.5 Å². The Morgan fingerprint density at radius 1 is 1.35 bits per heavy atom. The highest BCUT2D eigenvalue weighted by molar-refractivity contribution is 5.85. The van der Waals surface area contributed by atoms with Crippen LogP contribution in [0.25, 0.3) is 0 Å². The zero-order valence-electron chi connectivity index (χ0n) is 13.7. The Balaban J connectivity index is 2.28. The Hall–Kier alpha value is -1.46. The number of carbonyl (C=O) groups is 2. The number of allylic oxidation sites excluding steroid dienone is 2. The first-order valence-corrected chi connectivity index (χ1v) is 8.39. The maximum absolute atomic E-state index is 11.8. The van der Waals surface area contributed by atoms with E-state index in [1.54, 1.807) is 12.2 Å². The van der Waals surface area contributed by atoms with Crippen LogP contribution in [-0.4, -0.2) is 39.3 Å². The molecule has 3 N–H and O–H groups in total. The average molecular weight is 324 g/mol. The third kappa shape index (κ3) is 7.10. The van der Waals surface area contributed by atoms with Gasteiger partial charge in [-0.3, -0.25) is 9.59 Å². The second kappa shape index (κ2) is 10.3. The number of aliphatic hydroxyl groups excluding tert-OH is 2. The van der Waals surface area contributed by atoms with Crippen molar-refractivity contribution in [1.82, 2.24) is 0 Å². The minimum atomic E-state index is -0.772. The van der Waals surface area contributed by atoms with Crippen LogP contribution in [0.15, 0.2) is 24.3 Å². The van der Waals surface area contributed by atoms with Gasteiger partial charge >= 0.3 is 5.97 Å². The van der Waals surface area contributed by atoms with Gasteiger partial charge in [-0.1, -0.05) is 31.2 Å². The van der Waals surface area contributed by atoms with Gasteiger partial charge in [0.05, 0.1) is 12.2 Å². The number of hydrogen-bond donors (Lipinski definition) is 3. The van der Waals surface area contributed by atoms with Crippen LogP contribution in [0.4, 0.5) is 0 Å². The molecule has 0 saturated heterocycles. The second-order valence-corrected chi connectivity index (χ2v) is 6.13. The molecule has 23 heavy (non-hydrogen) atoms. The number of carbonyl (C=O) groups excluding carboxylic acids is 1. The smallest absolute Gasteiger partial charge is 0.303 e. The van der Waals surface area contributed by atoms with Gasteiger partial charge in [-0.15, -0.1) is 0 Å². The molecule has 0 bridgehead atoms. The fourth-order valence-corrected chi connectivity index (χ4v) is 2.97. The summed E-state index contributed by atoms with van der Waals surface area (Å²) in [6.07, 6.45) is 9.87. The lowest BCUT2D eigenvalue weighted by molar-refractivity contribution is -0.137. The number of hydrogen-bond acceptors (Lipinski definition) is 4. The molecular weight excluding hydrogens is 296 g/mol. The van der Waals surface area contributed by atoms with E-state index < -0.39 is 18.2 Å². The Morgan fingerprint density at radius 3 is 2.74 bits per heavy atom. The quantitative estimate of drug-likeness (QED) is 0.424. The summed E-state index contributed by atoms with van der Waals surface area (Å²) in [7, 11) is 0. The van der Waals surface area contributed by atoms with Crippen LogP contribution in [0.2, 0.25) is 0 Å². The molecule has 0 aromatic rings. The highest BCUT2D eigenvalue weighted by Gasteiger charge is 2.38. The SMILES string of the molecule is CC[C@@H]1[C@H](O)CC(=O)[C@@H]1/C=C/[C@@H](O)C/C=C\CCCCC(=O)O. The molecule has 0 radical (unpaired) electrons. The third-order valence-electron chi connectivity index (χ3n) is 4.31. The molecule has 1 fully saturated rings. The molecule has 0 unspecified atom stereocenters. The van der Waals surface area contributed by atoms with E-state index in [1.807, 2.05) is 19.1 Å². The van der Waals surface area contributed by atoms with Gasteiger partial charge in [-0.05, 0) is 38.0 Å². The minimum absolute atomic E-state index is 0.0433. The van der Waals surface area contributed by atoms with Crippen molar-refractivity contribution < 1.29 is 24.9 Å². The highest BCUT2D eigenvalue weighted by Crippen LogP contribution is 2.32. The number of rotatable bonds is 10. The van der Waals surface area contributed by atoms with Crippen LogP contribution in [0.1, 0.15) is 51.9 Å². The van der Waals surface area contributed by atoms with Crippen LogP contribution >= 0.6 is 0 Å². The van der Waals surface area contributed by atoms with Gasteiger partial charge in [0, 0.05) is 18.8 Å². The van der Waals surface area contributed by atoms with Crippen molar-refractivity contribution in [1.29, 1.82) is 0 Å². The Bertz CT molecular complexity index is 441. The predicted molar refractivity (Wildman–Crippen MR) is 87.9 cm³/mol. The first-order valence-electron chi connectivity index (χ1n) is 8.39. The largest absolute Gasteiger partial charge is 0.481 e. The number of aliphatic hydroxyl groups is 2. The van der Waals surface area contributed by atoms with Crippen molar-refractivity contribution in [3.05, 3.63) is 24.3 Å². The molecule has 1 aliphatic rings. The van der Waals surface area contributed by atoms with Gasteiger partial charge in [-0.25, -0.2) is 0 Å². The summed E-state index contributed by atoms with van der Waals surface area (Å²) in [6.45, 7) is 1.96. The fourth-order valence-electron chi connectivity index (χ4n) is 2.97. The van der Waals surface area contributed by atoms with Crippen molar-refractivity contribution in [2.24, 2.45) is 11.8 Å². The average Bonchev–Trinajstić information content (AvgIpc) is 2.76. The van der Waals surface area contributed by atoms with E-state index >= 15 is 0 Å². The lowest BCUT2D eigenvalue weighted by Gasteiger charge is -2.16. The number of ketones is 1. The first kappa shape index (κ1) is 19.6. The molecule has 1 saturated carbocycles. The van der Waals surface area contributed by atoms with Crippen molar-refractivity contribution in [2.45, 2.75) is 64.1 Å². The number of carboxylic acid groups (broad SMARTS) is 1. The standard InChI is InChI=1S/C18H28O5/c1-2-14-15(17(21)12-16(14)20)11-10-13(19)8-6-4-3-5-7-9-18(22)23/h4,6,10-11,13-16,19-20H,2-3,5,7-9,12H2,1H3,(H,22,23)/b6-4-,11-10+/t13-,14-,15+,16+/m0/s1. The van der Waals surface area contributed by atoms with E-state index in [1.165, 1.54) is 0 Å². The van der Waals surface area contributed by atoms with Crippen molar-refractivity contribution in [2.75, 3.05) is 0 Å². The molecule has 0 heterocycles. The summed E-state index contributed by atoms with van der Waals surface area (Å²) in [5.41, 5.74) is 0. The summed E-state index contributed by atoms with van der Waals surface area (Å²) < 4.78 is 0. The predicted octanol–water partition coefficient (Wildman–Crippen LogP) is 2.47. The van der Waals surface area contributed by atoms with E-state index in [0.29, 0.717) is 12.8 Å². The molecule has 4 atom stereocenters. The number of carboxylic acids is 1. The maximum atomic E-state index is 11.8. The number of unbranched alkanes of at least 4 members (excludes halogenated alkanes) is 2. The van der Waals surface area contributed by atoms with Gasteiger partial charge in [0.25, 0.3) is 0 Å². The van der Waals surface area contributed by atoms with Crippen LogP contribution in [0.3, 0.4) is 0 Å². The van der Waals surface area contributed by atoms with Gasteiger partial charge in [0.1, 0.15) is 5.78 Å². The van der Waals surface area contributed by atoms with Crippen LogP contribution < -0.4 is 0 Å². The van der Waals surface area contributed by atoms with Crippen molar-refractivity contribution in [3.8, 4) is 0 Å². The molecule has 1 rings (SSSR count). The molecular formula is C18H28O5. The van der Waals surface area contributed by atoms with Gasteiger partial charge in [-0.2, -0.15) is 0 Å². The van der Waals surface area contributed by atoms with Gasteiger partial charge in [0.2, 0.25) is 0 Å².